The van der Waals surface area contributed by atoms with Crippen molar-refractivity contribution < 1.29 is 8.78 Å². The standard InChI is InChI=1S/C16H14F2N2/c1-16(2,3)10-6-7-20-14(8-10)11-4-5-13(17)12(9-19)15(11)18/h4-8H,1-3H3. The minimum atomic E-state index is -0.869. The zero-order valence-corrected chi connectivity index (χ0v) is 11.5. The van der Waals surface area contributed by atoms with Crippen molar-refractivity contribution in [2.45, 2.75) is 26.2 Å². The second-order valence-corrected chi connectivity index (χ2v) is 5.58. The van der Waals surface area contributed by atoms with Crippen molar-refractivity contribution in [3.8, 4) is 17.3 Å². The van der Waals surface area contributed by atoms with Gasteiger partial charge in [-0.05, 0) is 35.2 Å². The van der Waals surface area contributed by atoms with Crippen LogP contribution >= 0.6 is 0 Å². The molecule has 0 amide bonds. The molecule has 0 saturated heterocycles. The maximum Gasteiger partial charge on any atom is 0.153 e. The van der Waals surface area contributed by atoms with Gasteiger partial charge in [0.2, 0.25) is 0 Å². The van der Waals surface area contributed by atoms with Gasteiger partial charge in [0.1, 0.15) is 17.4 Å². The van der Waals surface area contributed by atoms with Crippen LogP contribution in [0.5, 0.6) is 0 Å². The topological polar surface area (TPSA) is 36.7 Å². The van der Waals surface area contributed by atoms with Crippen LogP contribution in [0.2, 0.25) is 0 Å². The lowest BCUT2D eigenvalue weighted by molar-refractivity contribution is 0.577. The summed E-state index contributed by atoms with van der Waals surface area (Å²) in [6.07, 6.45) is 1.59. The SMILES string of the molecule is CC(C)(C)c1ccnc(-c2ccc(F)c(C#N)c2F)c1. The third-order valence-corrected chi connectivity index (χ3v) is 3.10. The van der Waals surface area contributed by atoms with Crippen LogP contribution in [0.15, 0.2) is 30.5 Å². The van der Waals surface area contributed by atoms with E-state index >= 15 is 0 Å². The highest BCUT2D eigenvalue weighted by Crippen LogP contribution is 2.29. The fraction of sp³-hybridized carbons (Fsp3) is 0.250. The van der Waals surface area contributed by atoms with Crippen molar-refractivity contribution in [3.63, 3.8) is 0 Å². The molecule has 0 spiro atoms. The first kappa shape index (κ1) is 14.1. The molecule has 2 aromatic rings. The van der Waals surface area contributed by atoms with Gasteiger partial charge in [0.05, 0.1) is 5.69 Å². The normalized spacial score (nSPS) is 11.2. The highest BCUT2D eigenvalue weighted by atomic mass is 19.1. The van der Waals surface area contributed by atoms with Gasteiger partial charge in [0.15, 0.2) is 5.82 Å². The van der Waals surface area contributed by atoms with Crippen LogP contribution in [0.25, 0.3) is 11.3 Å². The molecule has 2 nitrogen and oxygen atoms in total. The molecule has 1 heterocycles. The molecule has 0 unspecified atom stereocenters. The molecule has 20 heavy (non-hydrogen) atoms. The van der Waals surface area contributed by atoms with E-state index in [9.17, 15) is 8.78 Å². The van der Waals surface area contributed by atoms with Gasteiger partial charge in [0, 0.05) is 11.8 Å². The van der Waals surface area contributed by atoms with E-state index in [1.807, 2.05) is 26.8 Å². The van der Waals surface area contributed by atoms with Crippen LogP contribution in [0.4, 0.5) is 8.78 Å². The number of halogens is 2. The molecule has 4 heteroatoms. The quantitative estimate of drug-likeness (QED) is 0.780. The van der Waals surface area contributed by atoms with E-state index in [4.69, 9.17) is 5.26 Å². The summed E-state index contributed by atoms with van der Waals surface area (Å²) >= 11 is 0. The van der Waals surface area contributed by atoms with Crippen molar-refractivity contribution in [2.24, 2.45) is 0 Å². The van der Waals surface area contributed by atoms with Crippen molar-refractivity contribution >= 4 is 0 Å². The second-order valence-electron chi connectivity index (χ2n) is 5.58. The summed E-state index contributed by atoms with van der Waals surface area (Å²) < 4.78 is 27.5. The number of nitrogens with zero attached hydrogens (tertiary/aromatic N) is 2. The number of pyridine rings is 1. The minimum absolute atomic E-state index is 0.105. The van der Waals surface area contributed by atoms with Crippen LogP contribution in [-0.2, 0) is 5.41 Å². The summed E-state index contributed by atoms with van der Waals surface area (Å²) in [5.41, 5.74) is 0.836. The molecule has 2 rings (SSSR count). The summed E-state index contributed by atoms with van der Waals surface area (Å²) in [5, 5.41) is 8.80. The van der Waals surface area contributed by atoms with Gasteiger partial charge in [-0.15, -0.1) is 0 Å². The lowest BCUT2D eigenvalue weighted by Crippen LogP contribution is -2.11. The molecule has 1 aromatic carbocycles. The largest absolute Gasteiger partial charge is 0.256 e. The molecule has 0 atom stereocenters. The summed E-state index contributed by atoms with van der Waals surface area (Å²) in [6, 6.07) is 7.55. The van der Waals surface area contributed by atoms with Crippen LogP contribution in [0, 0.1) is 23.0 Å². The molecular weight excluding hydrogens is 258 g/mol. The number of nitriles is 1. The Balaban J connectivity index is 2.62. The van der Waals surface area contributed by atoms with Crippen LogP contribution in [-0.4, -0.2) is 4.98 Å². The Morgan fingerprint density at radius 3 is 2.45 bits per heavy atom. The minimum Gasteiger partial charge on any atom is -0.256 e. The monoisotopic (exact) mass is 272 g/mol. The molecule has 0 aliphatic carbocycles. The van der Waals surface area contributed by atoms with Crippen LogP contribution in [0.3, 0.4) is 0 Å². The molecule has 0 aliphatic rings. The van der Waals surface area contributed by atoms with E-state index in [0.29, 0.717) is 5.69 Å². The Bertz CT molecular complexity index is 695. The van der Waals surface area contributed by atoms with Gasteiger partial charge >= 0.3 is 0 Å². The first-order chi connectivity index (χ1) is 9.34. The van der Waals surface area contributed by atoms with Gasteiger partial charge in [0.25, 0.3) is 0 Å². The Hall–Kier alpha value is -2.28. The van der Waals surface area contributed by atoms with E-state index in [1.165, 1.54) is 6.07 Å². The highest BCUT2D eigenvalue weighted by Gasteiger charge is 2.18. The van der Waals surface area contributed by atoms with Gasteiger partial charge in [-0.2, -0.15) is 5.26 Å². The molecule has 0 fully saturated rings. The summed E-state index contributed by atoms with van der Waals surface area (Å²) in [7, 11) is 0. The third kappa shape index (κ3) is 2.53. The molecule has 0 radical (unpaired) electrons. The van der Waals surface area contributed by atoms with E-state index < -0.39 is 17.2 Å². The van der Waals surface area contributed by atoms with E-state index in [2.05, 4.69) is 4.98 Å². The molecule has 0 N–H and O–H groups in total. The molecule has 0 saturated carbocycles. The number of benzene rings is 1. The first-order valence-corrected chi connectivity index (χ1v) is 6.19. The van der Waals surface area contributed by atoms with Crippen LogP contribution in [0.1, 0.15) is 31.9 Å². The number of aromatic nitrogens is 1. The molecule has 0 aliphatic heterocycles. The zero-order chi connectivity index (χ0) is 14.9. The Labute approximate surface area is 116 Å². The smallest absolute Gasteiger partial charge is 0.153 e. The summed E-state index contributed by atoms with van der Waals surface area (Å²) in [6.45, 7) is 6.11. The number of hydrogen-bond acceptors (Lipinski definition) is 2. The fourth-order valence-electron chi connectivity index (χ4n) is 1.90. The molecular formula is C16H14F2N2. The number of rotatable bonds is 1. The molecule has 102 valence electrons. The molecule has 1 aromatic heterocycles. The third-order valence-electron chi connectivity index (χ3n) is 3.10. The maximum absolute atomic E-state index is 14.1. The molecule has 0 bridgehead atoms. The zero-order valence-electron chi connectivity index (χ0n) is 11.5. The van der Waals surface area contributed by atoms with Gasteiger partial charge in [-0.3, -0.25) is 4.98 Å². The Morgan fingerprint density at radius 1 is 1.15 bits per heavy atom. The van der Waals surface area contributed by atoms with E-state index in [1.54, 1.807) is 18.3 Å². The average molecular weight is 272 g/mol. The Kier molecular flexibility index (Phi) is 3.54. The van der Waals surface area contributed by atoms with Gasteiger partial charge < -0.3 is 0 Å². The van der Waals surface area contributed by atoms with Gasteiger partial charge in [-0.25, -0.2) is 8.78 Å². The van der Waals surface area contributed by atoms with E-state index in [0.717, 1.165) is 11.6 Å². The summed E-state index contributed by atoms with van der Waals surface area (Å²) in [4.78, 5) is 4.12. The predicted molar refractivity (Wildman–Crippen MR) is 73.0 cm³/mol. The average Bonchev–Trinajstić information content (AvgIpc) is 2.38. The predicted octanol–water partition coefficient (Wildman–Crippen LogP) is 4.20. The van der Waals surface area contributed by atoms with Crippen LogP contribution < -0.4 is 0 Å². The first-order valence-electron chi connectivity index (χ1n) is 6.19. The highest BCUT2D eigenvalue weighted by molar-refractivity contribution is 5.63. The van der Waals surface area contributed by atoms with Crippen molar-refractivity contribution in [1.82, 2.24) is 4.98 Å². The fourth-order valence-corrected chi connectivity index (χ4v) is 1.90. The number of hydrogen-bond donors (Lipinski definition) is 0. The van der Waals surface area contributed by atoms with E-state index in [-0.39, 0.29) is 11.0 Å². The van der Waals surface area contributed by atoms with Crippen molar-refractivity contribution in [1.29, 1.82) is 5.26 Å². The van der Waals surface area contributed by atoms with Crippen molar-refractivity contribution in [2.75, 3.05) is 0 Å². The summed E-state index contributed by atoms with van der Waals surface area (Å²) in [5.74, 6) is -1.73. The lowest BCUT2D eigenvalue weighted by atomic mass is 9.87. The Morgan fingerprint density at radius 2 is 1.85 bits per heavy atom. The lowest BCUT2D eigenvalue weighted by Gasteiger charge is -2.19. The van der Waals surface area contributed by atoms with Gasteiger partial charge in [-0.1, -0.05) is 20.8 Å². The maximum atomic E-state index is 14.1. The van der Waals surface area contributed by atoms with Crippen molar-refractivity contribution in [3.05, 3.63) is 53.2 Å². The second kappa shape index (κ2) is 5.01.